The summed E-state index contributed by atoms with van der Waals surface area (Å²) in [6.07, 6.45) is 5.26. The molecule has 5 nitrogen and oxygen atoms in total. The predicted octanol–water partition coefficient (Wildman–Crippen LogP) is 2.25. The zero-order chi connectivity index (χ0) is 15.5. The molecular weight excluding hydrogens is 262 g/mol. The second kappa shape index (κ2) is 6.88. The molecule has 1 aromatic rings. The van der Waals surface area contributed by atoms with Crippen LogP contribution in [0.15, 0.2) is 6.33 Å². The highest BCUT2D eigenvalue weighted by atomic mass is 15.3. The monoisotopic (exact) mass is 293 g/mol. The molecule has 0 aromatic carbocycles. The van der Waals surface area contributed by atoms with Gasteiger partial charge in [0.2, 0.25) is 0 Å². The van der Waals surface area contributed by atoms with Gasteiger partial charge in [-0.1, -0.05) is 6.92 Å². The van der Waals surface area contributed by atoms with Crippen molar-refractivity contribution in [2.24, 2.45) is 0 Å². The van der Waals surface area contributed by atoms with E-state index < -0.39 is 0 Å². The molecule has 2 rings (SSSR count). The predicted molar refractivity (Wildman–Crippen MR) is 86.5 cm³/mol. The molecule has 1 aliphatic heterocycles. The van der Waals surface area contributed by atoms with Gasteiger partial charge in [-0.25, -0.2) is 9.67 Å². The number of likely N-dealkylation sites (N-methyl/N-ethyl adjacent to an activating group) is 1. The summed E-state index contributed by atoms with van der Waals surface area (Å²) < 4.78 is 2.05. The van der Waals surface area contributed by atoms with E-state index in [9.17, 15) is 0 Å². The Morgan fingerprint density at radius 1 is 1.29 bits per heavy atom. The van der Waals surface area contributed by atoms with Gasteiger partial charge in [0.25, 0.3) is 0 Å². The Hall–Kier alpha value is -0.940. The van der Waals surface area contributed by atoms with Gasteiger partial charge < -0.3 is 5.32 Å². The van der Waals surface area contributed by atoms with Gasteiger partial charge in [-0.05, 0) is 60.2 Å². The molecule has 1 saturated heterocycles. The maximum Gasteiger partial charge on any atom is 0.138 e. The summed E-state index contributed by atoms with van der Waals surface area (Å²) in [6.45, 7) is 14.6. The first-order chi connectivity index (χ1) is 9.96. The van der Waals surface area contributed by atoms with Crippen LogP contribution in [0.5, 0.6) is 0 Å². The molecule has 120 valence electrons. The molecule has 2 heterocycles. The Labute approximate surface area is 129 Å². The lowest BCUT2D eigenvalue weighted by Gasteiger charge is -2.42. The van der Waals surface area contributed by atoms with Gasteiger partial charge in [-0.15, -0.1) is 0 Å². The van der Waals surface area contributed by atoms with Gasteiger partial charge in [0.05, 0.1) is 0 Å². The molecule has 0 radical (unpaired) electrons. The van der Waals surface area contributed by atoms with Crippen molar-refractivity contribution in [2.75, 3.05) is 19.6 Å². The van der Waals surface area contributed by atoms with Crippen LogP contribution in [0.3, 0.4) is 0 Å². The summed E-state index contributed by atoms with van der Waals surface area (Å²) in [4.78, 5) is 7.11. The first-order valence-corrected chi connectivity index (χ1v) is 8.33. The van der Waals surface area contributed by atoms with Crippen molar-refractivity contribution in [3.05, 3.63) is 12.2 Å². The molecule has 5 heteroatoms. The molecule has 1 atom stereocenters. The lowest BCUT2D eigenvalue weighted by atomic mass is 9.89. The summed E-state index contributed by atoms with van der Waals surface area (Å²) in [5.74, 6) is 1.09. The summed E-state index contributed by atoms with van der Waals surface area (Å²) in [6, 6.07) is 0.752. The van der Waals surface area contributed by atoms with Crippen molar-refractivity contribution in [1.82, 2.24) is 25.0 Å². The number of likely N-dealkylation sites (tertiary alicyclic amines) is 1. The third kappa shape index (κ3) is 3.64. The molecule has 1 fully saturated rings. The van der Waals surface area contributed by atoms with Crippen molar-refractivity contribution < 1.29 is 0 Å². The molecule has 0 spiro atoms. The van der Waals surface area contributed by atoms with E-state index in [-0.39, 0.29) is 5.54 Å². The molecule has 1 unspecified atom stereocenters. The van der Waals surface area contributed by atoms with E-state index in [0.29, 0.717) is 12.1 Å². The molecular formula is C16H31N5. The zero-order valence-corrected chi connectivity index (χ0v) is 14.3. The highest BCUT2D eigenvalue weighted by Crippen LogP contribution is 2.26. The molecule has 0 aliphatic carbocycles. The second-order valence-electron chi connectivity index (χ2n) is 6.88. The van der Waals surface area contributed by atoms with E-state index in [1.807, 2.05) is 4.68 Å². The normalized spacial score (nSPS) is 18.6. The first kappa shape index (κ1) is 16.4. The molecule has 1 aromatic heterocycles. The third-order valence-electron chi connectivity index (χ3n) is 4.75. The molecule has 0 amide bonds. The number of nitrogens with one attached hydrogen (secondary N) is 1. The van der Waals surface area contributed by atoms with E-state index >= 15 is 0 Å². The van der Waals surface area contributed by atoms with Gasteiger partial charge in [0.1, 0.15) is 12.2 Å². The smallest absolute Gasteiger partial charge is 0.138 e. The minimum Gasteiger partial charge on any atom is -0.312 e. The topological polar surface area (TPSA) is 46.0 Å². The van der Waals surface area contributed by atoms with Crippen LogP contribution in [0.4, 0.5) is 0 Å². The summed E-state index contributed by atoms with van der Waals surface area (Å²) in [5.41, 5.74) is 0.139. The van der Waals surface area contributed by atoms with E-state index in [0.717, 1.165) is 18.8 Å². The van der Waals surface area contributed by atoms with Crippen molar-refractivity contribution in [3.63, 3.8) is 0 Å². The number of aromatic nitrogens is 3. The average molecular weight is 293 g/mol. The van der Waals surface area contributed by atoms with Gasteiger partial charge >= 0.3 is 0 Å². The average Bonchev–Trinajstić information content (AvgIpc) is 3.09. The fourth-order valence-corrected chi connectivity index (χ4v) is 3.37. The van der Waals surface area contributed by atoms with Crippen LogP contribution in [0, 0.1) is 0 Å². The van der Waals surface area contributed by atoms with Gasteiger partial charge in [0, 0.05) is 24.0 Å². The largest absolute Gasteiger partial charge is 0.312 e. The van der Waals surface area contributed by atoms with E-state index in [1.165, 1.54) is 25.9 Å². The maximum absolute atomic E-state index is 4.49. The lowest BCUT2D eigenvalue weighted by Crippen LogP contribution is -2.58. The van der Waals surface area contributed by atoms with Crippen LogP contribution >= 0.6 is 0 Å². The van der Waals surface area contributed by atoms with E-state index in [4.69, 9.17) is 0 Å². The van der Waals surface area contributed by atoms with Gasteiger partial charge in [-0.2, -0.15) is 5.10 Å². The Kier molecular flexibility index (Phi) is 5.38. The third-order valence-corrected chi connectivity index (χ3v) is 4.75. The van der Waals surface area contributed by atoms with Crippen molar-refractivity contribution >= 4 is 0 Å². The number of hydrogen-bond donors (Lipinski definition) is 1. The molecule has 1 aliphatic rings. The van der Waals surface area contributed by atoms with E-state index in [1.54, 1.807) is 6.33 Å². The molecule has 1 N–H and O–H groups in total. The minimum absolute atomic E-state index is 0.139. The fourth-order valence-electron chi connectivity index (χ4n) is 3.37. The van der Waals surface area contributed by atoms with Gasteiger partial charge in [0.15, 0.2) is 0 Å². The van der Waals surface area contributed by atoms with Crippen LogP contribution in [0.2, 0.25) is 0 Å². The van der Waals surface area contributed by atoms with Crippen LogP contribution in [0.1, 0.15) is 59.3 Å². The zero-order valence-electron chi connectivity index (χ0n) is 14.3. The first-order valence-electron chi connectivity index (χ1n) is 8.33. The van der Waals surface area contributed by atoms with E-state index in [2.05, 4.69) is 54.9 Å². The van der Waals surface area contributed by atoms with Crippen LogP contribution in [0.25, 0.3) is 0 Å². The van der Waals surface area contributed by atoms with Crippen molar-refractivity contribution in [1.29, 1.82) is 0 Å². The minimum atomic E-state index is 0.139. The molecule has 0 bridgehead atoms. The fraction of sp³-hybridized carbons (Fsp3) is 0.875. The highest BCUT2D eigenvalue weighted by Gasteiger charge is 2.37. The Morgan fingerprint density at radius 2 is 1.95 bits per heavy atom. The van der Waals surface area contributed by atoms with Crippen LogP contribution < -0.4 is 5.32 Å². The lowest BCUT2D eigenvalue weighted by molar-refractivity contribution is 0.105. The van der Waals surface area contributed by atoms with Crippen LogP contribution in [-0.2, 0) is 6.42 Å². The molecule has 21 heavy (non-hydrogen) atoms. The SMILES string of the molecule is CCNC(Cc1ncnn1C(C)C)C(C)(C)N1CCCC1. The molecule has 0 saturated carbocycles. The highest BCUT2D eigenvalue weighted by molar-refractivity contribution is 5.01. The van der Waals surface area contributed by atoms with Crippen LogP contribution in [-0.4, -0.2) is 50.9 Å². The Balaban J connectivity index is 2.16. The van der Waals surface area contributed by atoms with Gasteiger partial charge in [-0.3, -0.25) is 4.90 Å². The number of rotatable bonds is 7. The quantitative estimate of drug-likeness (QED) is 0.837. The summed E-state index contributed by atoms with van der Waals surface area (Å²) >= 11 is 0. The van der Waals surface area contributed by atoms with Crippen molar-refractivity contribution in [2.45, 2.75) is 71.5 Å². The standard InChI is InChI=1S/C16H31N5/c1-6-17-14(16(4,5)20-9-7-8-10-20)11-15-18-12-19-21(15)13(2)3/h12-14,17H,6-11H2,1-5H3. The Morgan fingerprint density at radius 3 is 2.52 bits per heavy atom. The van der Waals surface area contributed by atoms with Crippen molar-refractivity contribution in [3.8, 4) is 0 Å². The Bertz CT molecular complexity index is 432. The second-order valence-corrected chi connectivity index (χ2v) is 6.88. The number of nitrogens with zero attached hydrogens (tertiary/aromatic N) is 4. The maximum atomic E-state index is 4.49. The summed E-state index contributed by atoms with van der Waals surface area (Å²) in [7, 11) is 0. The number of hydrogen-bond acceptors (Lipinski definition) is 4. The summed E-state index contributed by atoms with van der Waals surface area (Å²) in [5, 5.41) is 8.05.